The van der Waals surface area contributed by atoms with Crippen molar-refractivity contribution >= 4 is 0 Å². The van der Waals surface area contributed by atoms with E-state index >= 15 is 0 Å². The molecule has 0 spiro atoms. The molecule has 4 heteroatoms. The number of aromatic nitrogens is 1. The Balaban J connectivity index is 2.11. The lowest BCUT2D eigenvalue weighted by Gasteiger charge is -2.13. The minimum absolute atomic E-state index is 0.105. The smallest absolute Gasteiger partial charge is 0.141 e. The summed E-state index contributed by atoms with van der Waals surface area (Å²) in [7, 11) is 0. The van der Waals surface area contributed by atoms with Crippen LogP contribution in [0.4, 0.5) is 4.39 Å². The third-order valence-corrected chi connectivity index (χ3v) is 2.57. The van der Waals surface area contributed by atoms with Gasteiger partial charge in [0, 0.05) is 23.4 Å². The normalized spacial score (nSPS) is 12.2. The molecular formula is C14H15FN2O. The van der Waals surface area contributed by atoms with E-state index in [1.165, 1.54) is 12.3 Å². The lowest BCUT2D eigenvalue weighted by molar-refractivity contribution is 0.300. The van der Waals surface area contributed by atoms with Crippen molar-refractivity contribution in [3.8, 4) is 5.75 Å². The van der Waals surface area contributed by atoms with Gasteiger partial charge in [0.05, 0.1) is 6.20 Å². The van der Waals surface area contributed by atoms with Crippen molar-refractivity contribution in [3.63, 3.8) is 0 Å². The highest BCUT2D eigenvalue weighted by Crippen LogP contribution is 2.24. The van der Waals surface area contributed by atoms with Crippen LogP contribution in [0.5, 0.6) is 5.75 Å². The molecule has 1 aromatic carbocycles. The third-order valence-electron chi connectivity index (χ3n) is 2.57. The van der Waals surface area contributed by atoms with Crippen LogP contribution in [-0.4, -0.2) is 4.98 Å². The van der Waals surface area contributed by atoms with Crippen molar-refractivity contribution in [1.82, 2.24) is 4.98 Å². The summed E-state index contributed by atoms with van der Waals surface area (Å²) < 4.78 is 18.6. The summed E-state index contributed by atoms with van der Waals surface area (Å²) in [6.07, 6.45) is 2.75. The number of nitrogens with zero attached hydrogens (tertiary/aromatic N) is 1. The third kappa shape index (κ3) is 3.05. The summed E-state index contributed by atoms with van der Waals surface area (Å²) in [5.74, 6) is 0.355. The Morgan fingerprint density at radius 3 is 2.83 bits per heavy atom. The van der Waals surface area contributed by atoms with Gasteiger partial charge in [-0.2, -0.15) is 0 Å². The first kappa shape index (κ1) is 12.5. The molecule has 0 fully saturated rings. The first-order valence-electron chi connectivity index (χ1n) is 5.73. The average Bonchev–Trinajstić information content (AvgIpc) is 2.37. The summed E-state index contributed by atoms with van der Waals surface area (Å²) >= 11 is 0. The topological polar surface area (TPSA) is 48.1 Å². The number of rotatable bonds is 4. The van der Waals surface area contributed by atoms with Gasteiger partial charge in [-0.3, -0.25) is 4.98 Å². The number of nitrogens with two attached hydrogens (primary N) is 1. The van der Waals surface area contributed by atoms with Crippen LogP contribution in [0.25, 0.3) is 0 Å². The van der Waals surface area contributed by atoms with Gasteiger partial charge in [0.25, 0.3) is 0 Å². The van der Waals surface area contributed by atoms with Crippen molar-refractivity contribution in [3.05, 3.63) is 59.7 Å². The summed E-state index contributed by atoms with van der Waals surface area (Å²) in [4.78, 5) is 3.77. The molecule has 0 aliphatic carbocycles. The second-order valence-corrected chi connectivity index (χ2v) is 4.13. The standard InChI is InChI=1S/C14H15FN2O/c1-10(16)13-4-2-3-5-14(13)18-9-11-6-12(15)8-17-7-11/h2-8,10H,9,16H2,1H3. The van der Waals surface area contributed by atoms with Gasteiger partial charge in [-0.15, -0.1) is 0 Å². The lowest BCUT2D eigenvalue weighted by atomic mass is 10.1. The van der Waals surface area contributed by atoms with Crippen LogP contribution in [0, 0.1) is 5.82 Å². The summed E-state index contributed by atoms with van der Waals surface area (Å²) in [6, 6.07) is 8.86. The monoisotopic (exact) mass is 246 g/mol. The van der Waals surface area contributed by atoms with E-state index in [4.69, 9.17) is 10.5 Å². The molecule has 0 aliphatic heterocycles. The van der Waals surface area contributed by atoms with E-state index in [0.717, 1.165) is 11.3 Å². The maximum atomic E-state index is 13.0. The van der Waals surface area contributed by atoms with Crippen molar-refractivity contribution in [1.29, 1.82) is 0 Å². The number of hydrogen-bond acceptors (Lipinski definition) is 3. The van der Waals surface area contributed by atoms with Gasteiger partial charge in [0.2, 0.25) is 0 Å². The van der Waals surface area contributed by atoms with Crippen molar-refractivity contribution in [2.45, 2.75) is 19.6 Å². The Bertz CT molecular complexity index is 529. The van der Waals surface area contributed by atoms with Crippen LogP contribution in [0.15, 0.2) is 42.7 Å². The quantitative estimate of drug-likeness (QED) is 0.902. The van der Waals surface area contributed by atoms with E-state index in [1.54, 1.807) is 6.20 Å². The summed E-state index contributed by atoms with van der Waals surface area (Å²) in [5, 5.41) is 0. The van der Waals surface area contributed by atoms with Crippen molar-refractivity contribution < 1.29 is 9.13 Å². The fraction of sp³-hybridized carbons (Fsp3) is 0.214. The van der Waals surface area contributed by atoms with Crippen molar-refractivity contribution in [2.75, 3.05) is 0 Å². The number of hydrogen-bond donors (Lipinski definition) is 1. The maximum absolute atomic E-state index is 13.0. The largest absolute Gasteiger partial charge is 0.489 e. The minimum Gasteiger partial charge on any atom is -0.489 e. The van der Waals surface area contributed by atoms with E-state index < -0.39 is 0 Å². The van der Waals surface area contributed by atoms with E-state index in [1.807, 2.05) is 31.2 Å². The average molecular weight is 246 g/mol. The fourth-order valence-corrected chi connectivity index (χ4v) is 1.68. The van der Waals surface area contributed by atoms with Crippen LogP contribution in [0.1, 0.15) is 24.1 Å². The Morgan fingerprint density at radius 2 is 2.11 bits per heavy atom. The second kappa shape index (κ2) is 5.60. The zero-order valence-corrected chi connectivity index (χ0v) is 10.1. The molecule has 94 valence electrons. The first-order valence-corrected chi connectivity index (χ1v) is 5.73. The molecule has 0 radical (unpaired) electrons. The number of benzene rings is 1. The van der Waals surface area contributed by atoms with Crippen LogP contribution in [-0.2, 0) is 6.61 Å². The molecular weight excluding hydrogens is 231 g/mol. The molecule has 1 heterocycles. The molecule has 3 nitrogen and oxygen atoms in total. The molecule has 0 bridgehead atoms. The predicted molar refractivity (Wildman–Crippen MR) is 67.6 cm³/mol. The van der Waals surface area contributed by atoms with Gasteiger partial charge in [0.1, 0.15) is 18.2 Å². The molecule has 2 rings (SSSR count). The SMILES string of the molecule is CC(N)c1ccccc1OCc1cncc(F)c1. The first-order chi connectivity index (χ1) is 8.66. The zero-order chi connectivity index (χ0) is 13.0. The van der Waals surface area contributed by atoms with Crippen LogP contribution >= 0.6 is 0 Å². The van der Waals surface area contributed by atoms with Crippen LogP contribution < -0.4 is 10.5 Å². The second-order valence-electron chi connectivity index (χ2n) is 4.13. The molecule has 18 heavy (non-hydrogen) atoms. The molecule has 1 unspecified atom stereocenters. The van der Waals surface area contributed by atoms with Gasteiger partial charge in [-0.25, -0.2) is 4.39 Å². The molecule has 2 N–H and O–H groups in total. The van der Waals surface area contributed by atoms with Crippen LogP contribution in [0.3, 0.4) is 0 Å². The Labute approximate surface area is 105 Å². The van der Waals surface area contributed by atoms with Gasteiger partial charge >= 0.3 is 0 Å². The van der Waals surface area contributed by atoms with E-state index in [9.17, 15) is 4.39 Å². The Hall–Kier alpha value is -1.94. The highest BCUT2D eigenvalue weighted by Gasteiger charge is 2.07. The van der Waals surface area contributed by atoms with Gasteiger partial charge in [-0.05, 0) is 19.1 Å². The highest BCUT2D eigenvalue weighted by molar-refractivity contribution is 5.35. The fourth-order valence-electron chi connectivity index (χ4n) is 1.68. The van der Waals surface area contributed by atoms with Gasteiger partial charge < -0.3 is 10.5 Å². The number of halogens is 1. The number of para-hydroxylation sites is 1. The molecule has 2 aromatic rings. The molecule has 1 aromatic heterocycles. The minimum atomic E-state index is -0.364. The number of pyridine rings is 1. The molecule has 0 saturated heterocycles. The van der Waals surface area contributed by atoms with Crippen LogP contribution in [0.2, 0.25) is 0 Å². The van der Waals surface area contributed by atoms with E-state index in [-0.39, 0.29) is 18.5 Å². The highest BCUT2D eigenvalue weighted by atomic mass is 19.1. The predicted octanol–water partition coefficient (Wildman–Crippen LogP) is 2.82. The van der Waals surface area contributed by atoms with Gasteiger partial charge in [0.15, 0.2) is 0 Å². The summed E-state index contributed by atoms with van der Waals surface area (Å²) in [6.45, 7) is 2.17. The Kier molecular flexibility index (Phi) is 3.89. The molecule has 1 atom stereocenters. The molecule has 0 amide bonds. The van der Waals surface area contributed by atoms with Gasteiger partial charge in [-0.1, -0.05) is 18.2 Å². The lowest BCUT2D eigenvalue weighted by Crippen LogP contribution is -2.08. The number of ether oxygens (including phenoxy) is 1. The molecule has 0 aliphatic rings. The zero-order valence-electron chi connectivity index (χ0n) is 10.1. The van der Waals surface area contributed by atoms with E-state index in [2.05, 4.69) is 4.98 Å². The van der Waals surface area contributed by atoms with Crippen molar-refractivity contribution in [2.24, 2.45) is 5.73 Å². The van der Waals surface area contributed by atoms with E-state index in [0.29, 0.717) is 5.56 Å². The Morgan fingerprint density at radius 1 is 1.33 bits per heavy atom. The molecule has 0 saturated carbocycles. The summed E-state index contributed by atoms with van der Waals surface area (Å²) in [5.41, 5.74) is 7.48. The maximum Gasteiger partial charge on any atom is 0.141 e.